The summed E-state index contributed by atoms with van der Waals surface area (Å²) in [7, 11) is 0. The number of amides is 1. The van der Waals surface area contributed by atoms with E-state index < -0.39 is 0 Å². The summed E-state index contributed by atoms with van der Waals surface area (Å²) < 4.78 is 6.14. The van der Waals surface area contributed by atoms with Crippen LogP contribution in [0.25, 0.3) is 10.9 Å². The Hall–Kier alpha value is -2.83. The Labute approximate surface area is 208 Å². The third-order valence-electron chi connectivity index (χ3n) is 7.44. The SMILES string of the molecule is Cc1cccc(Oc2cccc3[nH]c(C(=O)NC4CCN(CCN5CCCCCC5)CC4)cc23)c1. The van der Waals surface area contributed by atoms with Gasteiger partial charge in [0.2, 0.25) is 0 Å². The molecule has 2 N–H and O–H groups in total. The zero-order chi connectivity index (χ0) is 24.0. The predicted octanol–water partition coefficient (Wildman–Crippen LogP) is 5.34. The number of piperidine rings is 1. The number of likely N-dealkylation sites (tertiary alicyclic amines) is 2. The number of aromatic nitrogens is 1. The Morgan fingerprint density at radius 2 is 1.66 bits per heavy atom. The fraction of sp³-hybridized carbons (Fsp3) is 0.483. The minimum absolute atomic E-state index is 0.0364. The molecule has 2 aliphatic heterocycles. The van der Waals surface area contributed by atoms with Crippen LogP contribution in [0.3, 0.4) is 0 Å². The number of hydrogen-bond donors (Lipinski definition) is 2. The minimum atomic E-state index is -0.0364. The standard InChI is InChI=1S/C29H38N4O2/c1-22-8-6-9-24(20-22)35-28-11-7-10-26-25(28)21-27(31-26)29(34)30-23-12-16-33(17-13-23)19-18-32-14-4-2-3-5-15-32/h6-11,20-21,23,31H,2-5,12-19H2,1H3,(H,30,34). The van der Waals surface area contributed by atoms with Crippen molar-refractivity contribution in [1.29, 1.82) is 0 Å². The lowest BCUT2D eigenvalue weighted by Crippen LogP contribution is -2.46. The number of carbonyl (C=O) groups is 1. The largest absolute Gasteiger partial charge is 0.457 e. The number of carbonyl (C=O) groups excluding carboxylic acids is 1. The maximum absolute atomic E-state index is 13.0. The van der Waals surface area contributed by atoms with Gasteiger partial charge in [0.15, 0.2) is 0 Å². The maximum Gasteiger partial charge on any atom is 0.267 e. The van der Waals surface area contributed by atoms with Crippen molar-refractivity contribution < 1.29 is 9.53 Å². The molecule has 2 saturated heterocycles. The van der Waals surface area contributed by atoms with Gasteiger partial charge in [-0.15, -0.1) is 0 Å². The second-order valence-electron chi connectivity index (χ2n) is 10.2. The molecule has 186 valence electrons. The highest BCUT2D eigenvalue weighted by molar-refractivity contribution is 5.99. The zero-order valence-electron chi connectivity index (χ0n) is 20.9. The summed E-state index contributed by atoms with van der Waals surface area (Å²) >= 11 is 0. The smallest absolute Gasteiger partial charge is 0.267 e. The van der Waals surface area contributed by atoms with Crippen LogP contribution in [-0.2, 0) is 0 Å². The quantitative estimate of drug-likeness (QED) is 0.485. The Bertz CT molecular complexity index is 1120. The molecule has 3 heterocycles. The Balaban J connectivity index is 1.14. The third kappa shape index (κ3) is 6.24. The highest BCUT2D eigenvalue weighted by Crippen LogP contribution is 2.31. The number of nitrogens with zero attached hydrogens (tertiary/aromatic N) is 2. The van der Waals surface area contributed by atoms with Crippen molar-refractivity contribution in [2.45, 2.75) is 51.5 Å². The average Bonchev–Trinajstić information content (AvgIpc) is 3.14. The second-order valence-corrected chi connectivity index (χ2v) is 10.2. The van der Waals surface area contributed by atoms with E-state index in [9.17, 15) is 4.79 Å². The molecule has 0 unspecified atom stereocenters. The van der Waals surface area contributed by atoms with Gasteiger partial charge in [-0.05, 0) is 81.6 Å². The molecular formula is C29H38N4O2. The minimum Gasteiger partial charge on any atom is -0.457 e. The molecule has 0 bridgehead atoms. The van der Waals surface area contributed by atoms with Crippen LogP contribution in [0.1, 0.15) is 54.6 Å². The van der Waals surface area contributed by atoms with Gasteiger partial charge in [0.05, 0.1) is 0 Å². The first-order valence-corrected chi connectivity index (χ1v) is 13.3. The van der Waals surface area contributed by atoms with E-state index in [0.717, 1.165) is 60.4 Å². The lowest BCUT2D eigenvalue weighted by Gasteiger charge is -2.33. The highest BCUT2D eigenvalue weighted by atomic mass is 16.5. The molecule has 5 rings (SSSR count). The number of aromatic amines is 1. The molecule has 0 aliphatic carbocycles. The van der Waals surface area contributed by atoms with E-state index in [1.165, 1.54) is 45.3 Å². The van der Waals surface area contributed by atoms with Crippen molar-refractivity contribution >= 4 is 16.8 Å². The normalized spacial score (nSPS) is 18.4. The molecule has 0 atom stereocenters. The van der Waals surface area contributed by atoms with Crippen LogP contribution in [0, 0.1) is 6.92 Å². The molecule has 2 fully saturated rings. The molecule has 1 aromatic heterocycles. The van der Waals surface area contributed by atoms with Crippen molar-refractivity contribution in [2.75, 3.05) is 39.3 Å². The van der Waals surface area contributed by atoms with Gasteiger partial charge < -0.3 is 24.8 Å². The van der Waals surface area contributed by atoms with Gasteiger partial charge in [-0.25, -0.2) is 0 Å². The van der Waals surface area contributed by atoms with Crippen molar-refractivity contribution in [3.63, 3.8) is 0 Å². The summed E-state index contributed by atoms with van der Waals surface area (Å²) in [6.45, 7) is 9.00. The van der Waals surface area contributed by atoms with Gasteiger partial charge in [-0.2, -0.15) is 0 Å². The lowest BCUT2D eigenvalue weighted by atomic mass is 10.0. The summed E-state index contributed by atoms with van der Waals surface area (Å²) in [5.74, 6) is 1.51. The molecule has 2 aromatic carbocycles. The lowest BCUT2D eigenvalue weighted by molar-refractivity contribution is 0.0902. The van der Waals surface area contributed by atoms with Crippen LogP contribution >= 0.6 is 0 Å². The first-order valence-electron chi connectivity index (χ1n) is 13.3. The van der Waals surface area contributed by atoms with E-state index in [2.05, 4.69) is 20.1 Å². The topological polar surface area (TPSA) is 60.6 Å². The summed E-state index contributed by atoms with van der Waals surface area (Å²) in [6, 6.07) is 16.0. The van der Waals surface area contributed by atoms with Crippen LogP contribution in [-0.4, -0.2) is 66.0 Å². The van der Waals surface area contributed by atoms with Crippen molar-refractivity contribution in [2.24, 2.45) is 0 Å². The van der Waals surface area contributed by atoms with Crippen molar-refractivity contribution in [3.05, 3.63) is 59.8 Å². The van der Waals surface area contributed by atoms with Crippen molar-refractivity contribution in [3.8, 4) is 11.5 Å². The number of nitrogens with one attached hydrogen (secondary N) is 2. The Kier molecular flexibility index (Phi) is 7.69. The van der Waals surface area contributed by atoms with Crippen LogP contribution in [0.2, 0.25) is 0 Å². The van der Waals surface area contributed by atoms with E-state index in [4.69, 9.17) is 4.74 Å². The molecule has 35 heavy (non-hydrogen) atoms. The Morgan fingerprint density at radius 3 is 2.40 bits per heavy atom. The molecule has 2 aliphatic rings. The zero-order valence-corrected chi connectivity index (χ0v) is 20.9. The first-order chi connectivity index (χ1) is 17.1. The molecule has 0 spiro atoms. The third-order valence-corrected chi connectivity index (χ3v) is 7.44. The average molecular weight is 475 g/mol. The van der Waals surface area contributed by atoms with Crippen LogP contribution in [0.5, 0.6) is 11.5 Å². The maximum atomic E-state index is 13.0. The van der Waals surface area contributed by atoms with Crippen LogP contribution < -0.4 is 10.1 Å². The van der Waals surface area contributed by atoms with E-state index in [1.54, 1.807) is 0 Å². The molecule has 0 saturated carbocycles. The van der Waals surface area contributed by atoms with Gasteiger partial charge >= 0.3 is 0 Å². The van der Waals surface area contributed by atoms with Gasteiger partial charge in [-0.3, -0.25) is 4.79 Å². The highest BCUT2D eigenvalue weighted by Gasteiger charge is 2.22. The van der Waals surface area contributed by atoms with E-state index >= 15 is 0 Å². The van der Waals surface area contributed by atoms with E-state index in [1.807, 2.05) is 55.5 Å². The number of H-pyrrole nitrogens is 1. The number of fused-ring (bicyclic) bond motifs is 1. The molecule has 3 aromatic rings. The fourth-order valence-electron chi connectivity index (χ4n) is 5.35. The number of aryl methyl sites for hydroxylation is 1. The number of ether oxygens (including phenoxy) is 1. The van der Waals surface area contributed by atoms with Gasteiger partial charge in [-0.1, -0.05) is 31.0 Å². The predicted molar refractivity (Wildman–Crippen MR) is 141 cm³/mol. The van der Waals surface area contributed by atoms with Gasteiger partial charge in [0, 0.05) is 43.1 Å². The van der Waals surface area contributed by atoms with Gasteiger partial charge in [0.25, 0.3) is 5.91 Å². The molecule has 1 amide bonds. The summed E-state index contributed by atoms with van der Waals surface area (Å²) in [4.78, 5) is 21.5. The molecular weight excluding hydrogens is 436 g/mol. The Morgan fingerprint density at radius 1 is 0.943 bits per heavy atom. The fourth-order valence-corrected chi connectivity index (χ4v) is 5.35. The summed E-state index contributed by atoms with van der Waals surface area (Å²) in [5.41, 5.74) is 2.64. The number of hydrogen-bond acceptors (Lipinski definition) is 4. The van der Waals surface area contributed by atoms with Crippen molar-refractivity contribution in [1.82, 2.24) is 20.1 Å². The monoisotopic (exact) mass is 474 g/mol. The molecule has 6 heteroatoms. The van der Waals surface area contributed by atoms with Crippen LogP contribution in [0.15, 0.2) is 48.5 Å². The van der Waals surface area contributed by atoms with E-state index in [0.29, 0.717) is 5.69 Å². The summed E-state index contributed by atoms with van der Waals surface area (Å²) in [6.07, 6.45) is 7.49. The first kappa shape index (κ1) is 23.9. The molecule has 6 nitrogen and oxygen atoms in total. The molecule has 0 radical (unpaired) electrons. The van der Waals surface area contributed by atoms with Crippen LogP contribution in [0.4, 0.5) is 0 Å². The number of rotatable bonds is 7. The van der Waals surface area contributed by atoms with Gasteiger partial charge in [0.1, 0.15) is 17.2 Å². The van der Waals surface area contributed by atoms with E-state index in [-0.39, 0.29) is 11.9 Å². The second kappa shape index (κ2) is 11.3. The number of benzene rings is 2. The summed E-state index contributed by atoms with van der Waals surface area (Å²) in [5, 5.41) is 4.18.